The lowest BCUT2D eigenvalue weighted by molar-refractivity contribution is -0.137. The molecule has 1 unspecified atom stereocenters. The molecule has 5 nitrogen and oxygen atoms in total. The molecule has 2 atom stereocenters. The molecule has 2 rings (SSSR count). The third-order valence-corrected chi connectivity index (χ3v) is 6.06. The molecule has 2 heterocycles. The van der Waals surface area contributed by atoms with Gasteiger partial charge in [-0.15, -0.1) is 11.3 Å². The van der Waals surface area contributed by atoms with E-state index in [4.69, 9.17) is 5.11 Å². The van der Waals surface area contributed by atoms with Gasteiger partial charge in [-0.3, -0.25) is 9.59 Å². The molecule has 1 aliphatic rings. The first-order valence-electron chi connectivity index (χ1n) is 10.1. The van der Waals surface area contributed by atoms with Crippen LogP contribution in [0.25, 0.3) is 6.08 Å². The van der Waals surface area contributed by atoms with Crippen molar-refractivity contribution < 1.29 is 19.8 Å². The molecule has 1 aromatic rings. The number of rotatable bonds is 12. The van der Waals surface area contributed by atoms with Crippen LogP contribution in [0.4, 0.5) is 0 Å². The highest BCUT2D eigenvalue weighted by molar-refractivity contribution is 7.10. The number of hydrogen-bond acceptors (Lipinski definition) is 4. The lowest BCUT2D eigenvalue weighted by Crippen LogP contribution is -2.43. The number of carboxylic acid groups (broad SMARTS) is 1. The predicted molar refractivity (Wildman–Crippen MR) is 113 cm³/mol. The zero-order valence-corrected chi connectivity index (χ0v) is 17.2. The van der Waals surface area contributed by atoms with Crippen molar-refractivity contribution in [3.05, 3.63) is 40.6 Å². The van der Waals surface area contributed by atoms with Gasteiger partial charge in [-0.2, -0.15) is 0 Å². The normalized spacial score (nSPS) is 18.5. The van der Waals surface area contributed by atoms with Crippen LogP contribution in [0.1, 0.15) is 61.8 Å². The molecular weight excluding hydrogens is 374 g/mol. The van der Waals surface area contributed by atoms with Crippen LogP contribution in [-0.4, -0.2) is 45.7 Å². The average molecular weight is 406 g/mol. The largest absolute Gasteiger partial charge is 0.481 e. The summed E-state index contributed by atoms with van der Waals surface area (Å²) in [7, 11) is 0. The van der Waals surface area contributed by atoms with Crippen molar-refractivity contribution in [2.24, 2.45) is 0 Å². The minimum absolute atomic E-state index is 0.0390. The number of unbranched alkanes of at least 4 members (excludes halogenated alkanes) is 3. The van der Waals surface area contributed by atoms with Crippen molar-refractivity contribution in [3.63, 3.8) is 0 Å². The third kappa shape index (κ3) is 7.24. The van der Waals surface area contributed by atoms with Crippen LogP contribution in [0.2, 0.25) is 0 Å². The number of carbonyl (C=O) groups excluding carboxylic acids is 1. The molecule has 1 amide bonds. The summed E-state index contributed by atoms with van der Waals surface area (Å²) in [6.07, 6.45) is 11.6. The molecule has 6 heteroatoms. The Bertz CT molecular complexity index is 682. The summed E-state index contributed by atoms with van der Waals surface area (Å²) in [6, 6.07) is 2.04. The fourth-order valence-electron chi connectivity index (χ4n) is 3.56. The first kappa shape index (κ1) is 22.4. The zero-order chi connectivity index (χ0) is 20.4. The van der Waals surface area contributed by atoms with Crippen molar-refractivity contribution in [1.82, 2.24) is 4.90 Å². The SMILES string of the molecule is C=Cc1ccsc1CC(O)/C=C/[C@H]1CCCC(=O)N1CCCCCCC(=O)O. The Morgan fingerprint density at radius 3 is 2.89 bits per heavy atom. The molecule has 0 bridgehead atoms. The van der Waals surface area contributed by atoms with Crippen molar-refractivity contribution in [2.45, 2.75) is 69.9 Å². The monoisotopic (exact) mass is 405 g/mol. The Hall–Kier alpha value is -1.92. The van der Waals surface area contributed by atoms with Gasteiger partial charge in [0.05, 0.1) is 12.1 Å². The smallest absolute Gasteiger partial charge is 0.303 e. The second-order valence-electron chi connectivity index (χ2n) is 7.26. The Morgan fingerprint density at radius 2 is 2.14 bits per heavy atom. The van der Waals surface area contributed by atoms with Crippen LogP contribution >= 0.6 is 11.3 Å². The molecule has 0 spiro atoms. The minimum Gasteiger partial charge on any atom is -0.481 e. The lowest BCUT2D eigenvalue weighted by atomic mass is 9.99. The van der Waals surface area contributed by atoms with Gasteiger partial charge in [0.15, 0.2) is 0 Å². The number of piperidine rings is 1. The van der Waals surface area contributed by atoms with E-state index in [1.165, 1.54) is 0 Å². The van der Waals surface area contributed by atoms with Crippen molar-refractivity contribution >= 4 is 29.3 Å². The summed E-state index contributed by atoms with van der Waals surface area (Å²) in [4.78, 5) is 25.9. The van der Waals surface area contributed by atoms with Crippen LogP contribution in [0.15, 0.2) is 30.2 Å². The maximum atomic E-state index is 12.3. The highest BCUT2D eigenvalue weighted by Crippen LogP contribution is 2.22. The fourth-order valence-corrected chi connectivity index (χ4v) is 4.50. The molecule has 0 saturated carbocycles. The topological polar surface area (TPSA) is 77.8 Å². The number of carboxylic acids is 1. The van der Waals surface area contributed by atoms with Gasteiger partial charge in [-0.05, 0) is 42.7 Å². The van der Waals surface area contributed by atoms with Gasteiger partial charge in [-0.1, -0.05) is 37.6 Å². The summed E-state index contributed by atoms with van der Waals surface area (Å²) in [5.74, 6) is -0.578. The van der Waals surface area contributed by atoms with Gasteiger partial charge in [0.1, 0.15) is 0 Å². The number of carbonyl (C=O) groups is 2. The number of aliphatic hydroxyl groups is 1. The number of aliphatic hydroxyl groups excluding tert-OH is 1. The third-order valence-electron chi connectivity index (χ3n) is 5.10. The average Bonchev–Trinajstić information content (AvgIpc) is 3.11. The molecule has 1 aliphatic heterocycles. The van der Waals surface area contributed by atoms with E-state index in [9.17, 15) is 14.7 Å². The summed E-state index contributed by atoms with van der Waals surface area (Å²) < 4.78 is 0. The number of aliphatic carboxylic acids is 1. The molecule has 1 fully saturated rings. The number of likely N-dealkylation sites (tertiary alicyclic amines) is 1. The van der Waals surface area contributed by atoms with Crippen LogP contribution in [0.3, 0.4) is 0 Å². The van der Waals surface area contributed by atoms with E-state index in [2.05, 4.69) is 6.58 Å². The molecule has 0 aromatic carbocycles. The molecule has 154 valence electrons. The van der Waals surface area contributed by atoms with Crippen molar-refractivity contribution in [1.29, 1.82) is 0 Å². The summed E-state index contributed by atoms with van der Waals surface area (Å²) in [6.45, 7) is 4.50. The standard InChI is InChI=1S/C22H31NO4S/c1-2-17-13-15-28-20(17)16-19(24)12-11-18-8-7-9-21(25)23(18)14-6-4-3-5-10-22(26)27/h2,11-13,15,18-19,24H,1,3-10,14,16H2,(H,26,27)/b12-11+/t18-,19?/m1/s1. The maximum absolute atomic E-state index is 12.3. The van der Waals surface area contributed by atoms with E-state index in [1.807, 2.05) is 28.5 Å². The highest BCUT2D eigenvalue weighted by Gasteiger charge is 2.25. The number of amides is 1. The Kier molecular flexibility index (Phi) is 9.44. The predicted octanol–water partition coefficient (Wildman–Crippen LogP) is 4.27. The first-order chi connectivity index (χ1) is 13.5. The summed E-state index contributed by atoms with van der Waals surface area (Å²) >= 11 is 1.62. The van der Waals surface area contributed by atoms with Crippen LogP contribution in [0, 0.1) is 0 Å². The quantitative estimate of drug-likeness (QED) is 0.402. The van der Waals surface area contributed by atoms with Gasteiger partial charge in [-0.25, -0.2) is 0 Å². The highest BCUT2D eigenvalue weighted by atomic mass is 32.1. The number of nitrogens with zero attached hydrogens (tertiary/aromatic N) is 1. The molecule has 28 heavy (non-hydrogen) atoms. The van der Waals surface area contributed by atoms with E-state index < -0.39 is 12.1 Å². The summed E-state index contributed by atoms with van der Waals surface area (Å²) in [5, 5.41) is 21.0. The van der Waals surface area contributed by atoms with Gasteiger partial charge in [0, 0.05) is 30.7 Å². The van der Waals surface area contributed by atoms with Gasteiger partial charge in [0.2, 0.25) is 5.91 Å². The molecular formula is C22H31NO4S. The van der Waals surface area contributed by atoms with Crippen LogP contribution in [-0.2, 0) is 16.0 Å². The maximum Gasteiger partial charge on any atom is 0.303 e. The van der Waals surface area contributed by atoms with Gasteiger partial charge >= 0.3 is 5.97 Å². The van der Waals surface area contributed by atoms with E-state index >= 15 is 0 Å². The molecule has 1 aromatic heterocycles. The molecule has 1 saturated heterocycles. The zero-order valence-electron chi connectivity index (χ0n) is 16.4. The molecule has 0 aliphatic carbocycles. The second kappa shape index (κ2) is 11.8. The van der Waals surface area contributed by atoms with E-state index in [0.717, 1.165) is 42.5 Å². The van der Waals surface area contributed by atoms with E-state index in [-0.39, 0.29) is 18.4 Å². The summed E-state index contributed by atoms with van der Waals surface area (Å²) in [5.41, 5.74) is 1.06. The number of thiophene rings is 1. The Labute approximate surface area is 171 Å². The molecule has 0 radical (unpaired) electrons. The lowest BCUT2D eigenvalue weighted by Gasteiger charge is -2.34. The second-order valence-corrected chi connectivity index (χ2v) is 8.26. The van der Waals surface area contributed by atoms with Gasteiger partial charge in [0.25, 0.3) is 0 Å². The van der Waals surface area contributed by atoms with Gasteiger partial charge < -0.3 is 15.1 Å². The Morgan fingerprint density at radius 1 is 1.36 bits per heavy atom. The van der Waals surface area contributed by atoms with Crippen LogP contribution < -0.4 is 0 Å². The number of hydrogen-bond donors (Lipinski definition) is 2. The minimum atomic E-state index is -0.752. The van der Waals surface area contributed by atoms with E-state index in [0.29, 0.717) is 25.8 Å². The molecule has 2 N–H and O–H groups in total. The van der Waals surface area contributed by atoms with Crippen molar-refractivity contribution in [3.8, 4) is 0 Å². The van der Waals surface area contributed by atoms with Crippen LogP contribution in [0.5, 0.6) is 0 Å². The fraction of sp³-hybridized carbons (Fsp3) is 0.545. The Balaban J connectivity index is 1.83. The first-order valence-corrected chi connectivity index (χ1v) is 11.0. The van der Waals surface area contributed by atoms with Crippen molar-refractivity contribution in [2.75, 3.05) is 6.54 Å². The van der Waals surface area contributed by atoms with E-state index in [1.54, 1.807) is 17.4 Å².